The van der Waals surface area contributed by atoms with E-state index in [1.54, 1.807) is 0 Å². The summed E-state index contributed by atoms with van der Waals surface area (Å²) >= 11 is 0. The number of hydrogen-bond acceptors (Lipinski definition) is 2. The molecule has 3 rings (SSSR count). The Hall–Kier alpha value is -1.35. The molecular weight excluding hydrogens is 234 g/mol. The van der Waals surface area contributed by atoms with Gasteiger partial charge in [-0.1, -0.05) is 32.9 Å². The van der Waals surface area contributed by atoms with Crippen LogP contribution >= 0.6 is 0 Å². The lowest BCUT2D eigenvalue weighted by atomic mass is 9.86. The Bertz CT molecular complexity index is 571. The number of piperidine rings is 1. The minimum absolute atomic E-state index is 0.136. The maximum Gasteiger partial charge on any atom is 0.111 e. The van der Waals surface area contributed by atoms with Crippen molar-refractivity contribution in [2.75, 3.05) is 13.1 Å². The zero-order valence-electron chi connectivity index (χ0n) is 12.1. The number of H-pyrrole nitrogens is 1. The number of nitrogens with zero attached hydrogens (tertiary/aromatic N) is 1. The van der Waals surface area contributed by atoms with Crippen LogP contribution in [0.3, 0.4) is 0 Å². The highest BCUT2D eigenvalue weighted by molar-refractivity contribution is 5.80. The summed E-state index contributed by atoms with van der Waals surface area (Å²) in [6.45, 7) is 8.93. The van der Waals surface area contributed by atoms with Crippen molar-refractivity contribution in [3.63, 3.8) is 0 Å². The van der Waals surface area contributed by atoms with Crippen LogP contribution < -0.4 is 5.32 Å². The smallest absolute Gasteiger partial charge is 0.111 e. The Labute approximate surface area is 114 Å². The van der Waals surface area contributed by atoms with Crippen molar-refractivity contribution in [3.8, 4) is 0 Å². The molecule has 0 aliphatic carbocycles. The summed E-state index contributed by atoms with van der Waals surface area (Å²) in [6, 6.07) is 6.47. The summed E-state index contributed by atoms with van der Waals surface area (Å²) in [5.74, 6) is 1.69. The Kier molecular flexibility index (Phi) is 3.09. The van der Waals surface area contributed by atoms with Crippen molar-refractivity contribution >= 4 is 11.0 Å². The second-order valence-electron chi connectivity index (χ2n) is 6.62. The van der Waals surface area contributed by atoms with Gasteiger partial charge in [-0.05, 0) is 36.4 Å². The molecule has 0 bridgehead atoms. The van der Waals surface area contributed by atoms with Gasteiger partial charge in [0.05, 0.1) is 11.0 Å². The summed E-state index contributed by atoms with van der Waals surface area (Å²) in [6.07, 6.45) is 2.48. The second kappa shape index (κ2) is 4.64. The van der Waals surface area contributed by atoms with Crippen molar-refractivity contribution < 1.29 is 0 Å². The van der Waals surface area contributed by atoms with E-state index in [1.165, 1.54) is 23.9 Å². The molecule has 0 radical (unpaired) electrons. The average Bonchev–Trinajstić information content (AvgIpc) is 2.82. The molecule has 0 spiro atoms. The molecule has 1 aliphatic heterocycles. The standard InChI is InChI=1S/C16H23N3/c1-16(2,3)12-7-4-8-13-14(12)19-15(18-13)11-6-5-9-17-10-11/h4,7-8,11,17H,5-6,9-10H2,1-3H3,(H,18,19). The van der Waals surface area contributed by atoms with Gasteiger partial charge >= 0.3 is 0 Å². The van der Waals surface area contributed by atoms with Gasteiger partial charge in [0, 0.05) is 12.5 Å². The fourth-order valence-electron chi connectivity index (χ4n) is 2.93. The van der Waals surface area contributed by atoms with E-state index in [2.05, 4.69) is 49.3 Å². The van der Waals surface area contributed by atoms with Gasteiger partial charge in [0.15, 0.2) is 0 Å². The van der Waals surface area contributed by atoms with E-state index in [0.29, 0.717) is 5.92 Å². The van der Waals surface area contributed by atoms with Crippen LogP contribution in [0.4, 0.5) is 0 Å². The highest BCUT2D eigenvalue weighted by atomic mass is 15.0. The largest absolute Gasteiger partial charge is 0.342 e. The molecular formula is C16H23N3. The summed E-state index contributed by atoms with van der Waals surface area (Å²) in [5.41, 5.74) is 3.79. The number of fused-ring (bicyclic) bond motifs is 1. The van der Waals surface area contributed by atoms with Gasteiger partial charge in [0.2, 0.25) is 0 Å². The maximum atomic E-state index is 4.91. The molecule has 0 saturated carbocycles. The zero-order valence-corrected chi connectivity index (χ0v) is 12.1. The number of benzene rings is 1. The van der Waals surface area contributed by atoms with Gasteiger partial charge in [-0.2, -0.15) is 0 Å². The Morgan fingerprint density at radius 3 is 2.79 bits per heavy atom. The first-order valence-electron chi connectivity index (χ1n) is 7.25. The number of aromatic amines is 1. The Morgan fingerprint density at radius 2 is 2.11 bits per heavy atom. The molecule has 1 aromatic heterocycles. The third-order valence-corrected chi connectivity index (χ3v) is 4.02. The van der Waals surface area contributed by atoms with Gasteiger partial charge in [-0.25, -0.2) is 4.98 Å². The number of para-hydroxylation sites is 1. The van der Waals surface area contributed by atoms with E-state index in [-0.39, 0.29) is 5.41 Å². The van der Waals surface area contributed by atoms with Crippen LogP contribution in [0.1, 0.15) is 50.9 Å². The normalized spacial score (nSPS) is 20.9. The second-order valence-corrected chi connectivity index (χ2v) is 6.62. The molecule has 1 atom stereocenters. The van der Waals surface area contributed by atoms with Crippen molar-refractivity contribution in [3.05, 3.63) is 29.6 Å². The minimum atomic E-state index is 0.136. The average molecular weight is 257 g/mol. The molecule has 19 heavy (non-hydrogen) atoms. The molecule has 1 saturated heterocycles. The number of hydrogen-bond donors (Lipinski definition) is 2. The fourth-order valence-corrected chi connectivity index (χ4v) is 2.93. The summed E-state index contributed by atoms with van der Waals surface area (Å²) < 4.78 is 0. The van der Waals surface area contributed by atoms with E-state index in [4.69, 9.17) is 4.98 Å². The van der Waals surface area contributed by atoms with Crippen LogP contribution in [0.2, 0.25) is 0 Å². The molecule has 2 N–H and O–H groups in total. The predicted octanol–water partition coefficient (Wildman–Crippen LogP) is 3.33. The third-order valence-electron chi connectivity index (χ3n) is 4.02. The van der Waals surface area contributed by atoms with Gasteiger partial charge < -0.3 is 10.3 Å². The number of nitrogens with one attached hydrogen (secondary N) is 2. The van der Waals surface area contributed by atoms with Gasteiger partial charge in [-0.3, -0.25) is 0 Å². The van der Waals surface area contributed by atoms with E-state index < -0.39 is 0 Å². The minimum Gasteiger partial charge on any atom is -0.342 e. The van der Waals surface area contributed by atoms with Crippen molar-refractivity contribution in [2.45, 2.75) is 44.9 Å². The lowest BCUT2D eigenvalue weighted by molar-refractivity contribution is 0.449. The van der Waals surface area contributed by atoms with Crippen LogP contribution in [-0.4, -0.2) is 23.1 Å². The summed E-state index contributed by atoms with van der Waals surface area (Å²) in [4.78, 5) is 8.43. The molecule has 1 fully saturated rings. The highest BCUT2D eigenvalue weighted by Gasteiger charge is 2.22. The molecule has 1 aromatic carbocycles. The van der Waals surface area contributed by atoms with Gasteiger partial charge in [0.1, 0.15) is 5.82 Å². The van der Waals surface area contributed by atoms with Crippen LogP contribution in [-0.2, 0) is 5.41 Å². The fraction of sp³-hybridized carbons (Fsp3) is 0.562. The lowest BCUT2D eigenvalue weighted by Crippen LogP contribution is -2.28. The number of rotatable bonds is 1. The van der Waals surface area contributed by atoms with Crippen LogP contribution in [0.25, 0.3) is 11.0 Å². The van der Waals surface area contributed by atoms with Crippen LogP contribution in [0, 0.1) is 0 Å². The van der Waals surface area contributed by atoms with Gasteiger partial charge in [0.25, 0.3) is 0 Å². The monoisotopic (exact) mass is 257 g/mol. The molecule has 1 aliphatic rings. The maximum absolute atomic E-state index is 4.91. The van der Waals surface area contributed by atoms with E-state index in [9.17, 15) is 0 Å². The number of imidazole rings is 1. The van der Waals surface area contributed by atoms with Crippen LogP contribution in [0.15, 0.2) is 18.2 Å². The quantitative estimate of drug-likeness (QED) is 0.822. The first kappa shape index (κ1) is 12.7. The topological polar surface area (TPSA) is 40.7 Å². The lowest BCUT2D eigenvalue weighted by Gasteiger charge is -2.20. The van der Waals surface area contributed by atoms with Gasteiger partial charge in [-0.15, -0.1) is 0 Å². The molecule has 102 valence electrons. The van der Waals surface area contributed by atoms with E-state index in [1.807, 2.05) is 0 Å². The highest BCUT2D eigenvalue weighted by Crippen LogP contribution is 2.30. The summed E-state index contributed by atoms with van der Waals surface area (Å²) in [5, 5.41) is 3.46. The predicted molar refractivity (Wildman–Crippen MR) is 79.6 cm³/mol. The Morgan fingerprint density at radius 1 is 1.26 bits per heavy atom. The molecule has 0 amide bonds. The van der Waals surface area contributed by atoms with Crippen molar-refractivity contribution in [2.24, 2.45) is 0 Å². The number of aromatic nitrogens is 2. The molecule has 2 heterocycles. The molecule has 1 unspecified atom stereocenters. The molecule has 3 heteroatoms. The van der Waals surface area contributed by atoms with E-state index >= 15 is 0 Å². The van der Waals surface area contributed by atoms with Crippen molar-refractivity contribution in [1.29, 1.82) is 0 Å². The first-order valence-corrected chi connectivity index (χ1v) is 7.25. The summed E-state index contributed by atoms with van der Waals surface area (Å²) in [7, 11) is 0. The SMILES string of the molecule is CC(C)(C)c1cccc2[nH]c(C3CCCNC3)nc12. The first-order chi connectivity index (χ1) is 9.05. The van der Waals surface area contributed by atoms with Crippen molar-refractivity contribution in [1.82, 2.24) is 15.3 Å². The molecule has 3 nitrogen and oxygen atoms in total. The Balaban J connectivity index is 2.05. The zero-order chi connectivity index (χ0) is 13.5. The van der Waals surface area contributed by atoms with E-state index in [0.717, 1.165) is 24.4 Å². The molecule has 2 aromatic rings. The van der Waals surface area contributed by atoms with Crippen LogP contribution in [0.5, 0.6) is 0 Å². The third kappa shape index (κ3) is 2.39.